The highest BCUT2D eigenvalue weighted by atomic mass is 16.5. The summed E-state index contributed by atoms with van der Waals surface area (Å²) in [5.41, 5.74) is 4.12. The molecule has 166 valence electrons. The molecule has 7 nitrogen and oxygen atoms in total. The Hall–Kier alpha value is -3.35. The van der Waals surface area contributed by atoms with Crippen LogP contribution >= 0.6 is 0 Å². The molecule has 0 heterocycles. The van der Waals surface area contributed by atoms with E-state index < -0.39 is 23.5 Å². The second kappa shape index (κ2) is 7.65. The molecule has 2 aromatic rings. The lowest BCUT2D eigenvalue weighted by atomic mass is 9.98. The number of alkyl carbamates (subject to hydrolysis) is 1. The number of ether oxygens (including phenoxy) is 1. The first-order chi connectivity index (χ1) is 15.4. The van der Waals surface area contributed by atoms with Crippen molar-refractivity contribution in [1.82, 2.24) is 10.6 Å². The molecule has 2 fully saturated rings. The van der Waals surface area contributed by atoms with E-state index in [1.165, 1.54) is 18.1 Å². The normalized spacial score (nSPS) is 25.8. The van der Waals surface area contributed by atoms with Gasteiger partial charge in [0.25, 0.3) is 0 Å². The first-order valence-corrected chi connectivity index (χ1v) is 11.0. The number of carboxylic acid groups (broad SMARTS) is 1. The summed E-state index contributed by atoms with van der Waals surface area (Å²) in [6, 6.07) is 15.3. The number of fused-ring (bicyclic) bond motifs is 4. The number of carbonyl (C=O) groups excluding carboxylic acids is 2. The van der Waals surface area contributed by atoms with Gasteiger partial charge in [0.05, 0.1) is 5.41 Å². The van der Waals surface area contributed by atoms with Crippen LogP contribution in [0.25, 0.3) is 11.1 Å². The number of benzene rings is 2. The van der Waals surface area contributed by atoms with Crippen LogP contribution in [-0.4, -0.2) is 41.8 Å². The molecule has 3 N–H and O–H groups in total. The van der Waals surface area contributed by atoms with Crippen LogP contribution in [0.1, 0.15) is 43.2 Å². The fraction of sp³-hybridized carbons (Fsp3) is 0.400. The second-order valence-corrected chi connectivity index (χ2v) is 9.20. The van der Waals surface area contributed by atoms with Crippen LogP contribution in [0, 0.1) is 11.3 Å². The number of carboxylic acids is 1. The van der Waals surface area contributed by atoms with Gasteiger partial charge in [-0.05, 0) is 54.4 Å². The Bertz CT molecular complexity index is 1050. The summed E-state index contributed by atoms with van der Waals surface area (Å²) in [4.78, 5) is 36.1. The second-order valence-electron chi connectivity index (χ2n) is 9.20. The Morgan fingerprint density at radius 1 is 1.06 bits per heavy atom. The lowest BCUT2D eigenvalue weighted by Crippen LogP contribution is -2.43. The molecule has 5 rings (SSSR count). The molecule has 3 aliphatic carbocycles. The van der Waals surface area contributed by atoms with Gasteiger partial charge in [0.1, 0.15) is 12.6 Å². The van der Waals surface area contributed by atoms with Gasteiger partial charge in [0.2, 0.25) is 5.91 Å². The maximum absolute atomic E-state index is 12.6. The SMILES string of the molecule is CC(NC(=O)[C@@]12C[C@@H](NC(=O)OCC3c4ccccc4-c4ccccc43)C[C@@H]1C2)C(=O)O. The Kier molecular flexibility index (Phi) is 4.92. The molecule has 0 aromatic heterocycles. The van der Waals surface area contributed by atoms with E-state index in [0.29, 0.717) is 12.8 Å². The minimum atomic E-state index is -1.06. The van der Waals surface area contributed by atoms with E-state index in [1.54, 1.807) is 0 Å². The van der Waals surface area contributed by atoms with Crippen molar-refractivity contribution in [3.8, 4) is 11.1 Å². The molecule has 1 unspecified atom stereocenters. The highest BCUT2D eigenvalue weighted by Crippen LogP contribution is 2.63. The molecule has 2 aromatic carbocycles. The molecule has 7 heteroatoms. The number of carbonyl (C=O) groups is 3. The molecule has 0 aliphatic heterocycles. The monoisotopic (exact) mass is 434 g/mol. The van der Waals surface area contributed by atoms with Gasteiger partial charge in [-0.25, -0.2) is 4.79 Å². The third-order valence-electron chi connectivity index (χ3n) is 7.25. The fourth-order valence-corrected chi connectivity index (χ4v) is 5.50. The molecule has 3 aliphatic rings. The Morgan fingerprint density at radius 2 is 1.69 bits per heavy atom. The Balaban J connectivity index is 1.18. The summed E-state index contributed by atoms with van der Waals surface area (Å²) in [7, 11) is 0. The summed E-state index contributed by atoms with van der Waals surface area (Å²) in [6.45, 7) is 1.70. The van der Waals surface area contributed by atoms with E-state index >= 15 is 0 Å². The highest BCUT2D eigenvalue weighted by molar-refractivity contribution is 5.90. The van der Waals surface area contributed by atoms with Gasteiger partial charge >= 0.3 is 12.1 Å². The van der Waals surface area contributed by atoms with E-state index in [0.717, 1.165) is 17.5 Å². The molecule has 2 amide bonds. The van der Waals surface area contributed by atoms with Crippen molar-refractivity contribution in [3.05, 3.63) is 59.7 Å². The smallest absolute Gasteiger partial charge is 0.407 e. The van der Waals surface area contributed by atoms with E-state index in [2.05, 4.69) is 34.9 Å². The van der Waals surface area contributed by atoms with Gasteiger partial charge in [-0.3, -0.25) is 9.59 Å². The first-order valence-electron chi connectivity index (χ1n) is 11.0. The number of rotatable bonds is 6. The lowest BCUT2D eigenvalue weighted by molar-refractivity contribution is -0.142. The lowest BCUT2D eigenvalue weighted by Gasteiger charge is -2.20. The van der Waals surface area contributed by atoms with Crippen LogP contribution in [-0.2, 0) is 14.3 Å². The zero-order valence-electron chi connectivity index (χ0n) is 17.8. The predicted molar refractivity (Wildman–Crippen MR) is 117 cm³/mol. The van der Waals surface area contributed by atoms with Crippen LogP contribution in [0.5, 0.6) is 0 Å². The number of hydrogen-bond acceptors (Lipinski definition) is 4. The summed E-state index contributed by atoms with van der Waals surface area (Å²) in [6.07, 6.45) is 1.49. The first kappa shape index (κ1) is 20.5. The van der Waals surface area contributed by atoms with Crippen LogP contribution in [0.3, 0.4) is 0 Å². The zero-order valence-corrected chi connectivity index (χ0v) is 17.8. The van der Waals surface area contributed by atoms with Crippen LogP contribution in [0.15, 0.2) is 48.5 Å². The molecule has 0 saturated heterocycles. The van der Waals surface area contributed by atoms with Crippen molar-refractivity contribution in [1.29, 1.82) is 0 Å². The third kappa shape index (κ3) is 3.42. The van der Waals surface area contributed by atoms with Crippen molar-refractivity contribution in [3.63, 3.8) is 0 Å². The minimum Gasteiger partial charge on any atom is -0.480 e. The fourth-order valence-electron chi connectivity index (χ4n) is 5.50. The van der Waals surface area contributed by atoms with Gasteiger partial charge < -0.3 is 20.5 Å². The number of amides is 2. The molecule has 4 atom stereocenters. The van der Waals surface area contributed by atoms with Gasteiger partial charge in [-0.1, -0.05) is 48.5 Å². The highest BCUT2D eigenvalue weighted by Gasteiger charge is 2.65. The topological polar surface area (TPSA) is 105 Å². The van der Waals surface area contributed by atoms with Crippen molar-refractivity contribution < 1.29 is 24.2 Å². The van der Waals surface area contributed by atoms with Gasteiger partial charge in [0, 0.05) is 12.0 Å². The Labute approximate surface area is 186 Å². The summed E-state index contributed by atoms with van der Waals surface area (Å²) >= 11 is 0. The van der Waals surface area contributed by atoms with Crippen LogP contribution in [0.2, 0.25) is 0 Å². The predicted octanol–water partition coefficient (Wildman–Crippen LogP) is 3.28. The van der Waals surface area contributed by atoms with Gasteiger partial charge in [-0.15, -0.1) is 0 Å². The minimum absolute atomic E-state index is 0.000225. The zero-order chi connectivity index (χ0) is 22.5. The largest absolute Gasteiger partial charge is 0.480 e. The standard InChI is InChI=1S/C25H26N2O5/c1-14(22(28)29)26-23(30)25-11-15(25)10-16(12-25)27-24(31)32-13-21-19-8-4-2-6-17(19)18-7-3-5-9-20(18)21/h2-9,14-16,21H,10-13H2,1H3,(H,26,30)(H,27,31)(H,28,29)/t14?,15-,16+,25+/m1/s1. The molecule has 0 spiro atoms. The maximum atomic E-state index is 12.6. The van der Waals surface area contributed by atoms with Gasteiger partial charge in [-0.2, -0.15) is 0 Å². The number of hydrogen-bond donors (Lipinski definition) is 3. The molecule has 2 saturated carbocycles. The molecular weight excluding hydrogens is 408 g/mol. The van der Waals surface area contributed by atoms with E-state index in [9.17, 15) is 14.4 Å². The van der Waals surface area contributed by atoms with E-state index in [1.807, 2.05) is 24.3 Å². The average Bonchev–Trinajstić information content (AvgIpc) is 3.21. The average molecular weight is 434 g/mol. The van der Waals surface area contributed by atoms with Crippen molar-refractivity contribution in [2.24, 2.45) is 11.3 Å². The van der Waals surface area contributed by atoms with E-state index in [4.69, 9.17) is 9.84 Å². The molecule has 32 heavy (non-hydrogen) atoms. The summed E-state index contributed by atoms with van der Waals surface area (Å²) < 4.78 is 5.61. The van der Waals surface area contributed by atoms with Gasteiger partial charge in [0.15, 0.2) is 0 Å². The summed E-state index contributed by atoms with van der Waals surface area (Å²) in [5.74, 6) is -1.10. The number of nitrogens with one attached hydrogen (secondary N) is 2. The maximum Gasteiger partial charge on any atom is 0.407 e. The third-order valence-corrected chi connectivity index (χ3v) is 7.25. The number of aliphatic carboxylic acids is 1. The van der Waals surface area contributed by atoms with Crippen LogP contribution < -0.4 is 10.6 Å². The van der Waals surface area contributed by atoms with Crippen molar-refractivity contribution >= 4 is 18.0 Å². The quantitative estimate of drug-likeness (QED) is 0.647. The van der Waals surface area contributed by atoms with Crippen LogP contribution in [0.4, 0.5) is 4.79 Å². The Morgan fingerprint density at radius 3 is 2.31 bits per heavy atom. The van der Waals surface area contributed by atoms with Crippen molar-refractivity contribution in [2.45, 2.75) is 44.2 Å². The molecular formula is C25H26N2O5. The molecule has 0 bridgehead atoms. The van der Waals surface area contributed by atoms with Crippen molar-refractivity contribution in [2.75, 3.05) is 6.61 Å². The van der Waals surface area contributed by atoms with E-state index in [-0.39, 0.29) is 30.4 Å². The summed E-state index contributed by atoms with van der Waals surface area (Å²) in [5, 5.41) is 14.5. The molecule has 0 radical (unpaired) electrons.